The van der Waals surface area contributed by atoms with Crippen LogP contribution in [0.2, 0.25) is 5.02 Å². The Morgan fingerprint density at radius 3 is 2.96 bits per heavy atom. The van der Waals surface area contributed by atoms with E-state index in [0.29, 0.717) is 10.7 Å². The van der Waals surface area contributed by atoms with Gasteiger partial charge in [0.05, 0.1) is 12.2 Å². The van der Waals surface area contributed by atoms with Crippen molar-refractivity contribution in [2.75, 3.05) is 12.4 Å². The van der Waals surface area contributed by atoms with E-state index in [9.17, 15) is 9.59 Å². The van der Waals surface area contributed by atoms with Crippen molar-refractivity contribution in [3.8, 4) is 0 Å². The van der Waals surface area contributed by atoms with Gasteiger partial charge in [0.15, 0.2) is 0 Å². The first-order chi connectivity index (χ1) is 11.5. The lowest BCUT2D eigenvalue weighted by molar-refractivity contribution is -0.144. The number of aromatic nitrogens is 2. The van der Waals surface area contributed by atoms with Crippen molar-refractivity contribution in [3.63, 3.8) is 0 Å². The number of hydrogen-bond acceptors (Lipinski definition) is 3. The van der Waals surface area contributed by atoms with Crippen LogP contribution in [0.4, 0.5) is 5.69 Å². The lowest BCUT2D eigenvalue weighted by atomic mass is 9.92. The molecule has 2 aromatic rings. The third-order valence-corrected chi connectivity index (χ3v) is 4.64. The summed E-state index contributed by atoms with van der Waals surface area (Å²) >= 11 is 5.89. The summed E-state index contributed by atoms with van der Waals surface area (Å²) in [6.45, 7) is 0. The molecule has 2 amide bonds. The van der Waals surface area contributed by atoms with E-state index in [-0.39, 0.29) is 6.04 Å². The van der Waals surface area contributed by atoms with Crippen LogP contribution in [0.1, 0.15) is 30.1 Å². The van der Waals surface area contributed by atoms with E-state index < -0.39 is 11.8 Å². The van der Waals surface area contributed by atoms with Crippen LogP contribution in [0.25, 0.3) is 0 Å². The molecular formula is C17H19ClN4O2. The van der Waals surface area contributed by atoms with Gasteiger partial charge in [0, 0.05) is 36.1 Å². The number of nitrogens with zero attached hydrogens (tertiary/aromatic N) is 3. The molecule has 0 aliphatic heterocycles. The number of nitrogens with one attached hydrogen (secondary N) is 1. The number of carbonyl (C=O) groups excluding carboxylic acids is 2. The van der Waals surface area contributed by atoms with Gasteiger partial charge in [-0.1, -0.05) is 17.7 Å². The van der Waals surface area contributed by atoms with Crippen molar-refractivity contribution in [2.45, 2.75) is 25.3 Å². The zero-order chi connectivity index (χ0) is 17.3. The molecule has 0 saturated carbocycles. The Labute approximate surface area is 145 Å². The van der Waals surface area contributed by atoms with Crippen LogP contribution in [0, 0.1) is 0 Å². The largest absolute Gasteiger partial charge is 0.330 e. The molecule has 6 nitrogen and oxygen atoms in total. The van der Waals surface area contributed by atoms with Gasteiger partial charge in [0.1, 0.15) is 0 Å². The predicted octanol–water partition coefficient (Wildman–Crippen LogP) is 2.55. The Hall–Kier alpha value is -2.34. The lowest BCUT2D eigenvalue weighted by Gasteiger charge is -2.31. The molecule has 1 aliphatic carbocycles. The molecule has 7 heteroatoms. The first-order valence-corrected chi connectivity index (χ1v) is 8.19. The molecule has 0 bridgehead atoms. The van der Waals surface area contributed by atoms with E-state index in [1.165, 1.54) is 4.90 Å². The maximum atomic E-state index is 12.5. The number of likely N-dealkylation sites (N-methyl/N-ethyl adjacent to an activating group) is 1. The molecule has 126 valence electrons. The van der Waals surface area contributed by atoms with E-state index in [2.05, 4.69) is 10.4 Å². The quantitative estimate of drug-likeness (QED) is 0.850. The summed E-state index contributed by atoms with van der Waals surface area (Å²) in [6.07, 6.45) is 4.52. The molecule has 0 saturated heterocycles. The summed E-state index contributed by atoms with van der Waals surface area (Å²) in [5.41, 5.74) is 2.65. The fourth-order valence-electron chi connectivity index (χ4n) is 3.14. The molecule has 1 atom stereocenters. The van der Waals surface area contributed by atoms with Crippen molar-refractivity contribution in [3.05, 3.63) is 46.7 Å². The summed E-state index contributed by atoms with van der Waals surface area (Å²) in [5.74, 6) is -1.24. The highest BCUT2D eigenvalue weighted by Crippen LogP contribution is 2.33. The minimum atomic E-state index is -0.671. The van der Waals surface area contributed by atoms with Crippen LogP contribution in [-0.4, -0.2) is 33.5 Å². The highest BCUT2D eigenvalue weighted by atomic mass is 35.5. The summed E-state index contributed by atoms with van der Waals surface area (Å²) in [4.78, 5) is 26.3. The monoisotopic (exact) mass is 346 g/mol. The average Bonchev–Trinajstić information content (AvgIpc) is 2.95. The Kier molecular flexibility index (Phi) is 4.57. The van der Waals surface area contributed by atoms with Crippen molar-refractivity contribution >= 4 is 29.1 Å². The highest BCUT2D eigenvalue weighted by Gasteiger charge is 2.31. The van der Waals surface area contributed by atoms with Gasteiger partial charge in [-0.3, -0.25) is 14.3 Å². The van der Waals surface area contributed by atoms with Crippen LogP contribution in [0.15, 0.2) is 30.5 Å². The predicted molar refractivity (Wildman–Crippen MR) is 91.7 cm³/mol. The van der Waals surface area contributed by atoms with Gasteiger partial charge in [-0.15, -0.1) is 0 Å². The van der Waals surface area contributed by atoms with Gasteiger partial charge in [-0.05, 0) is 37.5 Å². The van der Waals surface area contributed by atoms with Crippen molar-refractivity contribution in [2.24, 2.45) is 7.05 Å². The number of amides is 2. The van der Waals surface area contributed by atoms with Gasteiger partial charge in [-0.2, -0.15) is 5.10 Å². The maximum Gasteiger partial charge on any atom is 0.313 e. The number of fused-ring (bicyclic) bond motifs is 1. The smallest absolute Gasteiger partial charge is 0.313 e. The summed E-state index contributed by atoms with van der Waals surface area (Å²) in [7, 11) is 3.56. The molecule has 3 rings (SSSR count). The van der Waals surface area contributed by atoms with Gasteiger partial charge >= 0.3 is 11.8 Å². The Bertz CT molecular complexity index is 787. The normalized spacial score (nSPS) is 16.4. The molecule has 1 aliphatic rings. The molecule has 1 aromatic heterocycles. The van der Waals surface area contributed by atoms with Crippen LogP contribution in [0.5, 0.6) is 0 Å². The van der Waals surface area contributed by atoms with Crippen molar-refractivity contribution in [1.29, 1.82) is 0 Å². The Morgan fingerprint density at radius 2 is 2.21 bits per heavy atom. The average molecular weight is 347 g/mol. The Balaban J connectivity index is 1.74. The van der Waals surface area contributed by atoms with Gasteiger partial charge in [-0.25, -0.2) is 0 Å². The number of anilines is 1. The standard InChI is InChI=1S/C17H19ClN4O2/c1-21(14-7-4-8-15-13(14)10-19-22(15)2)17(24)16(23)20-12-6-3-5-11(18)9-12/h3,5-6,9-10,14H,4,7-8H2,1-2H3,(H,20,23). The van der Waals surface area contributed by atoms with Gasteiger partial charge in [0.25, 0.3) is 0 Å². The SMILES string of the molecule is CN(C(=O)C(=O)Nc1cccc(Cl)c1)C1CCCc2c1cnn2C. The third kappa shape index (κ3) is 3.14. The second-order valence-electron chi connectivity index (χ2n) is 5.96. The van der Waals surface area contributed by atoms with Gasteiger partial charge in [0.2, 0.25) is 0 Å². The first-order valence-electron chi connectivity index (χ1n) is 7.82. The topological polar surface area (TPSA) is 67.2 Å². The third-order valence-electron chi connectivity index (χ3n) is 4.41. The molecule has 1 N–H and O–H groups in total. The van der Waals surface area contributed by atoms with Crippen molar-refractivity contribution in [1.82, 2.24) is 14.7 Å². The van der Waals surface area contributed by atoms with Gasteiger partial charge < -0.3 is 10.2 Å². The van der Waals surface area contributed by atoms with E-state index in [0.717, 1.165) is 30.5 Å². The molecular weight excluding hydrogens is 328 g/mol. The van der Waals surface area contributed by atoms with E-state index in [1.807, 2.05) is 11.7 Å². The van der Waals surface area contributed by atoms with Crippen LogP contribution < -0.4 is 5.32 Å². The number of carbonyl (C=O) groups is 2. The highest BCUT2D eigenvalue weighted by molar-refractivity contribution is 6.39. The number of halogens is 1. The molecule has 1 unspecified atom stereocenters. The van der Waals surface area contributed by atoms with E-state index >= 15 is 0 Å². The minimum Gasteiger partial charge on any atom is -0.330 e. The Morgan fingerprint density at radius 1 is 1.42 bits per heavy atom. The van der Waals surface area contributed by atoms with E-state index in [4.69, 9.17) is 11.6 Å². The molecule has 0 radical (unpaired) electrons. The zero-order valence-electron chi connectivity index (χ0n) is 13.6. The number of aryl methyl sites for hydroxylation is 1. The molecule has 0 spiro atoms. The van der Waals surface area contributed by atoms with Crippen LogP contribution in [-0.2, 0) is 23.1 Å². The van der Waals surface area contributed by atoms with E-state index in [1.54, 1.807) is 37.5 Å². The van der Waals surface area contributed by atoms with Crippen LogP contribution in [0.3, 0.4) is 0 Å². The summed E-state index contributed by atoms with van der Waals surface area (Å²) < 4.78 is 1.84. The zero-order valence-corrected chi connectivity index (χ0v) is 14.4. The first kappa shape index (κ1) is 16.5. The molecule has 0 fully saturated rings. The second kappa shape index (κ2) is 6.65. The second-order valence-corrected chi connectivity index (χ2v) is 6.40. The summed E-state index contributed by atoms with van der Waals surface area (Å²) in [6, 6.07) is 6.59. The number of rotatable bonds is 2. The molecule has 24 heavy (non-hydrogen) atoms. The summed E-state index contributed by atoms with van der Waals surface area (Å²) in [5, 5.41) is 7.37. The lowest BCUT2D eigenvalue weighted by Crippen LogP contribution is -2.40. The molecule has 1 heterocycles. The van der Waals surface area contributed by atoms with Crippen molar-refractivity contribution < 1.29 is 9.59 Å². The fraction of sp³-hybridized carbons (Fsp3) is 0.353. The number of benzene rings is 1. The fourth-order valence-corrected chi connectivity index (χ4v) is 3.33. The minimum absolute atomic E-state index is 0.125. The van der Waals surface area contributed by atoms with Crippen LogP contribution >= 0.6 is 11.6 Å². The number of hydrogen-bond donors (Lipinski definition) is 1. The molecule has 1 aromatic carbocycles. The maximum absolute atomic E-state index is 12.5.